The van der Waals surface area contributed by atoms with E-state index in [4.69, 9.17) is 9.47 Å². The highest BCUT2D eigenvalue weighted by molar-refractivity contribution is 7.10. The van der Waals surface area contributed by atoms with E-state index in [0.717, 1.165) is 52.3 Å². The number of esters is 2. The fraction of sp³-hybridized carbons (Fsp3) is 0.323. The maximum Gasteiger partial charge on any atom is 0.303 e. The molecule has 0 spiro atoms. The summed E-state index contributed by atoms with van der Waals surface area (Å²) in [6.45, 7) is 5.58. The van der Waals surface area contributed by atoms with Crippen LogP contribution in [-0.2, 0) is 54.7 Å². The van der Waals surface area contributed by atoms with Crippen LogP contribution in [0.15, 0.2) is 60.0 Å². The number of carbonyl (C=O) groups excluding carboxylic acids is 4. The van der Waals surface area contributed by atoms with Crippen molar-refractivity contribution in [3.05, 3.63) is 87.4 Å². The van der Waals surface area contributed by atoms with Crippen molar-refractivity contribution >= 4 is 46.0 Å². The fourth-order valence-electron chi connectivity index (χ4n) is 5.17. The van der Waals surface area contributed by atoms with Crippen LogP contribution in [0.4, 0.5) is 0 Å². The van der Waals surface area contributed by atoms with E-state index in [-0.39, 0.29) is 6.42 Å². The third kappa shape index (κ3) is 6.38. The van der Waals surface area contributed by atoms with Crippen LogP contribution in [0.2, 0.25) is 0 Å². The lowest BCUT2D eigenvalue weighted by Crippen LogP contribution is -2.50. The Morgan fingerprint density at radius 2 is 1.56 bits per heavy atom. The van der Waals surface area contributed by atoms with Gasteiger partial charge in [-0.15, -0.1) is 11.3 Å². The van der Waals surface area contributed by atoms with Gasteiger partial charge in [-0.1, -0.05) is 36.4 Å². The van der Waals surface area contributed by atoms with Gasteiger partial charge >= 0.3 is 11.9 Å². The molecule has 1 amide bonds. The molecule has 0 aliphatic carbocycles. The number of ketones is 1. The van der Waals surface area contributed by atoms with Gasteiger partial charge in [-0.3, -0.25) is 19.2 Å². The number of thiophene rings is 1. The third-order valence-corrected chi connectivity index (χ3v) is 8.07. The van der Waals surface area contributed by atoms with E-state index in [1.165, 1.54) is 4.90 Å². The van der Waals surface area contributed by atoms with Crippen molar-refractivity contribution in [1.29, 1.82) is 0 Å². The molecule has 0 saturated carbocycles. The number of carbonyl (C=O) groups is 4. The van der Waals surface area contributed by atoms with Crippen LogP contribution in [0.3, 0.4) is 0 Å². The second-order valence-electron chi connectivity index (χ2n) is 10.1. The van der Waals surface area contributed by atoms with Gasteiger partial charge in [0.1, 0.15) is 5.82 Å². The van der Waals surface area contributed by atoms with E-state index in [9.17, 15) is 19.2 Å². The number of para-hydroxylation sites is 2. The van der Waals surface area contributed by atoms with Gasteiger partial charge in [0.05, 0.1) is 17.6 Å². The fourth-order valence-corrected chi connectivity index (χ4v) is 6.08. The first-order valence-electron chi connectivity index (χ1n) is 13.4. The van der Waals surface area contributed by atoms with Crippen molar-refractivity contribution < 1.29 is 28.7 Å². The highest BCUT2D eigenvalue weighted by Gasteiger charge is 2.42. The number of fused-ring (bicyclic) bond motifs is 2. The Bertz CT molecular complexity index is 1600. The molecule has 3 heterocycles. The second-order valence-corrected chi connectivity index (χ2v) is 11.1. The summed E-state index contributed by atoms with van der Waals surface area (Å²) in [5, 5.41) is 1.99. The SMILES string of the molecule is CC(=O)O[C@@H](C(=O)CCc1csc(Cn2c(C)nc3ccccc32)c1)[C@@H](OC(C)=O)C(=O)N1Cc2ccccc2C1. The number of hydrogen-bond donors (Lipinski definition) is 0. The summed E-state index contributed by atoms with van der Waals surface area (Å²) in [4.78, 5) is 58.1. The number of aromatic nitrogens is 2. The number of Topliss-reactive ketones (excluding diaryl/α,β-unsaturated/α-hetero) is 1. The molecule has 0 bridgehead atoms. The quantitative estimate of drug-likeness (QED) is 0.260. The molecule has 0 radical (unpaired) electrons. The van der Waals surface area contributed by atoms with Crippen molar-refractivity contribution in [1.82, 2.24) is 14.5 Å². The minimum atomic E-state index is -1.56. The van der Waals surface area contributed by atoms with Crippen LogP contribution >= 0.6 is 11.3 Å². The summed E-state index contributed by atoms with van der Waals surface area (Å²) >= 11 is 1.59. The Morgan fingerprint density at radius 1 is 0.927 bits per heavy atom. The highest BCUT2D eigenvalue weighted by atomic mass is 32.1. The number of ether oxygens (including phenoxy) is 2. The molecule has 41 heavy (non-hydrogen) atoms. The van der Waals surface area contributed by atoms with Crippen molar-refractivity contribution in [3.63, 3.8) is 0 Å². The van der Waals surface area contributed by atoms with Crippen molar-refractivity contribution in [2.24, 2.45) is 0 Å². The number of aryl methyl sites for hydroxylation is 2. The summed E-state index contributed by atoms with van der Waals surface area (Å²) < 4.78 is 12.8. The van der Waals surface area contributed by atoms with E-state index < -0.39 is 35.8 Å². The average molecular weight is 574 g/mol. The Morgan fingerprint density at radius 3 is 2.24 bits per heavy atom. The Labute approximate surface area is 241 Å². The second kappa shape index (κ2) is 12.1. The zero-order chi connectivity index (χ0) is 29.1. The Hall–Kier alpha value is -4.31. The molecule has 0 saturated heterocycles. The van der Waals surface area contributed by atoms with Crippen LogP contribution < -0.4 is 0 Å². The van der Waals surface area contributed by atoms with E-state index in [0.29, 0.717) is 26.1 Å². The standard InChI is InChI=1S/C31H31N3O6S/c1-19-32-26-10-6-7-11-27(26)34(19)17-25-14-22(18-41-25)12-13-28(37)29(39-20(2)35)30(40-21(3)36)31(38)33-15-23-8-4-5-9-24(23)16-33/h4-11,14,18,29-30H,12-13,15-17H2,1-3H3/t29-,30+/m0/s1. The van der Waals surface area contributed by atoms with Gasteiger partial charge in [0.25, 0.3) is 5.91 Å². The van der Waals surface area contributed by atoms with Gasteiger partial charge in [0.2, 0.25) is 12.2 Å². The monoisotopic (exact) mass is 573 g/mol. The minimum absolute atomic E-state index is 0.00637. The molecule has 10 heteroatoms. The summed E-state index contributed by atoms with van der Waals surface area (Å²) in [6.07, 6.45) is -2.71. The molecule has 4 aromatic rings. The molecule has 0 N–H and O–H groups in total. The number of amides is 1. The van der Waals surface area contributed by atoms with Gasteiger partial charge in [0, 0.05) is 38.2 Å². The smallest absolute Gasteiger partial charge is 0.303 e. The molecular formula is C31H31N3O6S. The number of imidazole rings is 1. The van der Waals surface area contributed by atoms with Gasteiger partial charge < -0.3 is 18.9 Å². The van der Waals surface area contributed by atoms with Gasteiger partial charge in [-0.25, -0.2) is 4.98 Å². The van der Waals surface area contributed by atoms with Gasteiger partial charge in [-0.2, -0.15) is 0 Å². The number of nitrogens with zero attached hydrogens (tertiary/aromatic N) is 3. The number of hydrogen-bond acceptors (Lipinski definition) is 8. The predicted molar refractivity (Wildman–Crippen MR) is 153 cm³/mol. The van der Waals surface area contributed by atoms with Crippen LogP contribution in [-0.4, -0.2) is 50.3 Å². The summed E-state index contributed by atoms with van der Waals surface area (Å²) in [6, 6.07) is 17.6. The van der Waals surface area contributed by atoms with Crippen LogP contribution in [0.5, 0.6) is 0 Å². The molecule has 0 fully saturated rings. The van der Waals surface area contributed by atoms with Gasteiger partial charge in [-0.05, 0) is 53.6 Å². The lowest BCUT2D eigenvalue weighted by Gasteiger charge is -2.28. The lowest BCUT2D eigenvalue weighted by molar-refractivity contribution is -0.177. The van der Waals surface area contributed by atoms with Crippen LogP contribution in [0.25, 0.3) is 11.0 Å². The molecule has 9 nitrogen and oxygen atoms in total. The molecule has 212 valence electrons. The zero-order valence-corrected chi connectivity index (χ0v) is 24.0. The van der Waals surface area contributed by atoms with Crippen LogP contribution in [0.1, 0.15) is 47.7 Å². The first-order valence-corrected chi connectivity index (χ1v) is 14.3. The number of benzene rings is 2. The molecule has 2 atom stereocenters. The first-order chi connectivity index (χ1) is 19.7. The molecule has 1 aliphatic heterocycles. The van der Waals surface area contributed by atoms with Crippen molar-refractivity contribution in [2.75, 3.05) is 0 Å². The molecule has 5 rings (SSSR count). The largest absolute Gasteiger partial charge is 0.450 e. The third-order valence-electron chi connectivity index (χ3n) is 7.10. The van der Waals surface area contributed by atoms with E-state index in [1.54, 1.807) is 11.3 Å². The van der Waals surface area contributed by atoms with Crippen LogP contribution in [0, 0.1) is 6.92 Å². The number of rotatable bonds is 10. The maximum absolute atomic E-state index is 13.5. The predicted octanol–water partition coefficient (Wildman–Crippen LogP) is 4.36. The summed E-state index contributed by atoms with van der Waals surface area (Å²) in [5.74, 6) is -1.62. The lowest BCUT2D eigenvalue weighted by atomic mass is 10.0. The normalized spacial score (nSPS) is 14.0. The molecular weight excluding hydrogens is 542 g/mol. The summed E-state index contributed by atoms with van der Waals surface area (Å²) in [7, 11) is 0. The molecule has 2 aromatic heterocycles. The maximum atomic E-state index is 13.5. The van der Waals surface area contributed by atoms with E-state index >= 15 is 0 Å². The Kier molecular flexibility index (Phi) is 8.30. The molecule has 2 aromatic carbocycles. The average Bonchev–Trinajstić information content (AvgIpc) is 3.66. The first kappa shape index (κ1) is 28.2. The highest BCUT2D eigenvalue weighted by Crippen LogP contribution is 2.26. The summed E-state index contributed by atoms with van der Waals surface area (Å²) in [5.41, 5.74) is 4.91. The van der Waals surface area contributed by atoms with Crippen molar-refractivity contribution in [2.45, 2.75) is 65.5 Å². The van der Waals surface area contributed by atoms with E-state index in [1.807, 2.05) is 66.9 Å². The van der Waals surface area contributed by atoms with Gasteiger partial charge in [0.15, 0.2) is 5.78 Å². The molecule has 0 unspecified atom stereocenters. The zero-order valence-electron chi connectivity index (χ0n) is 23.2. The topological polar surface area (TPSA) is 108 Å². The van der Waals surface area contributed by atoms with E-state index in [2.05, 4.69) is 9.55 Å². The molecule has 1 aliphatic rings. The Balaban J connectivity index is 1.28. The minimum Gasteiger partial charge on any atom is -0.450 e. The van der Waals surface area contributed by atoms with Crippen molar-refractivity contribution in [3.8, 4) is 0 Å².